The molecule has 0 bridgehead atoms. The van der Waals surface area contributed by atoms with Gasteiger partial charge in [-0.2, -0.15) is 0 Å². The average Bonchev–Trinajstić information content (AvgIpc) is 2.93. The molecule has 0 aromatic carbocycles. The largest absolute Gasteiger partial charge is 0.368 e. The lowest BCUT2D eigenvalue weighted by atomic mass is 9.92. The van der Waals surface area contributed by atoms with Gasteiger partial charge in [0, 0.05) is 30.4 Å². The first kappa shape index (κ1) is 11.2. The molecule has 5 heteroatoms. The summed E-state index contributed by atoms with van der Waals surface area (Å²) in [6, 6.07) is 4.10. The zero-order valence-corrected chi connectivity index (χ0v) is 10.8. The van der Waals surface area contributed by atoms with Crippen LogP contribution in [0.2, 0.25) is 0 Å². The highest BCUT2D eigenvalue weighted by atomic mass is 15.0. The van der Waals surface area contributed by atoms with Gasteiger partial charge in [-0.25, -0.2) is 15.0 Å². The van der Waals surface area contributed by atoms with Crippen molar-refractivity contribution in [3.63, 3.8) is 0 Å². The predicted molar refractivity (Wildman–Crippen MR) is 77.0 cm³/mol. The van der Waals surface area contributed by atoms with Crippen molar-refractivity contribution >= 4 is 17.2 Å². The second kappa shape index (κ2) is 4.16. The topological polar surface area (TPSA) is 69.1 Å². The van der Waals surface area contributed by atoms with Gasteiger partial charge in [0.25, 0.3) is 0 Å². The van der Waals surface area contributed by atoms with Crippen LogP contribution in [0, 0.1) is 0 Å². The number of aromatic nitrogens is 4. The van der Waals surface area contributed by atoms with E-state index in [0.29, 0.717) is 5.95 Å². The number of rotatable bonds is 1. The fraction of sp³-hybridized carbons (Fsp3) is 0.133. The maximum absolute atomic E-state index is 5.67. The van der Waals surface area contributed by atoms with Crippen molar-refractivity contribution in [1.82, 2.24) is 19.4 Å². The van der Waals surface area contributed by atoms with E-state index < -0.39 is 0 Å². The van der Waals surface area contributed by atoms with Crippen molar-refractivity contribution in [1.29, 1.82) is 0 Å². The molecule has 4 rings (SSSR count). The van der Waals surface area contributed by atoms with Gasteiger partial charge in [0.2, 0.25) is 5.95 Å². The third-order valence-electron chi connectivity index (χ3n) is 3.61. The Balaban J connectivity index is 1.88. The molecule has 0 aliphatic heterocycles. The number of nitrogens with two attached hydrogens (primary N) is 1. The first-order valence-corrected chi connectivity index (χ1v) is 6.56. The van der Waals surface area contributed by atoms with Gasteiger partial charge >= 0.3 is 0 Å². The maximum atomic E-state index is 5.67. The number of allylic oxidation sites excluding steroid dienone is 1. The van der Waals surface area contributed by atoms with E-state index in [9.17, 15) is 0 Å². The molecule has 2 N–H and O–H groups in total. The molecule has 0 fully saturated rings. The molecule has 20 heavy (non-hydrogen) atoms. The number of aryl methyl sites for hydroxylation is 1. The highest BCUT2D eigenvalue weighted by Gasteiger charge is 2.16. The van der Waals surface area contributed by atoms with Crippen molar-refractivity contribution in [2.24, 2.45) is 0 Å². The number of hydrogen-bond donors (Lipinski definition) is 1. The van der Waals surface area contributed by atoms with Crippen LogP contribution in [-0.4, -0.2) is 19.4 Å². The molecular weight excluding hydrogens is 250 g/mol. The Hall–Kier alpha value is -2.69. The number of hydrogen-bond acceptors (Lipinski definition) is 4. The van der Waals surface area contributed by atoms with E-state index in [1.807, 2.05) is 22.9 Å². The van der Waals surface area contributed by atoms with Crippen molar-refractivity contribution in [2.75, 3.05) is 5.73 Å². The molecule has 3 aromatic heterocycles. The smallest absolute Gasteiger partial charge is 0.220 e. The first-order valence-electron chi connectivity index (χ1n) is 6.56. The summed E-state index contributed by atoms with van der Waals surface area (Å²) in [5, 5.41) is 0. The molecule has 1 aliphatic rings. The summed E-state index contributed by atoms with van der Waals surface area (Å²) in [5.74, 6) is 0.343. The van der Waals surface area contributed by atoms with Crippen molar-refractivity contribution in [3.8, 4) is 0 Å². The Morgan fingerprint density at radius 1 is 1.20 bits per heavy atom. The fourth-order valence-electron chi connectivity index (χ4n) is 2.66. The Kier molecular flexibility index (Phi) is 2.32. The number of nitrogen functional groups attached to an aromatic ring is 1. The third kappa shape index (κ3) is 1.67. The zero-order chi connectivity index (χ0) is 13.5. The molecule has 0 spiro atoms. The minimum atomic E-state index is 0.343. The van der Waals surface area contributed by atoms with Crippen LogP contribution in [0.4, 0.5) is 5.95 Å². The van der Waals surface area contributed by atoms with E-state index in [0.717, 1.165) is 35.3 Å². The van der Waals surface area contributed by atoms with Crippen LogP contribution in [0.1, 0.15) is 23.2 Å². The van der Waals surface area contributed by atoms with Crippen LogP contribution in [-0.2, 0) is 6.42 Å². The molecule has 0 atom stereocenters. The van der Waals surface area contributed by atoms with Crippen molar-refractivity contribution in [3.05, 3.63) is 59.8 Å². The molecule has 3 aromatic rings. The van der Waals surface area contributed by atoms with Crippen LogP contribution in [0.3, 0.4) is 0 Å². The van der Waals surface area contributed by atoms with Gasteiger partial charge in [-0.1, -0.05) is 6.08 Å². The second-order valence-corrected chi connectivity index (χ2v) is 4.86. The normalized spacial score (nSPS) is 14.1. The van der Waals surface area contributed by atoms with E-state index in [4.69, 9.17) is 5.73 Å². The van der Waals surface area contributed by atoms with E-state index in [1.165, 1.54) is 5.57 Å². The summed E-state index contributed by atoms with van der Waals surface area (Å²) in [7, 11) is 0. The molecule has 1 aliphatic carbocycles. The highest BCUT2D eigenvalue weighted by Crippen LogP contribution is 2.30. The van der Waals surface area contributed by atoms with Gasteiger partial charge < -0.3 is 10.1 Å². The lowest BCUT2D eigenvalue weighted by Gasteiger charge is -2.17. The van der Waals surface area contributed by atoms with E-state index in [2.05, 4.69) is 33.3 Å². The van der Waals surface area contributed by atoms with Gasteiger partial charge in [-0.05, 0) is 36.1 Å². The monoisotopic (exact) mass is 263 g/mol. The molecular formula is C15H13N5. The Morgan fingerprint density at radius 3 is 3.10 bits per heavy atom. The van der Waals surface area contributed by atoms with Crippen LogP contribution in [0.25, 0.3) is 11.2 Å². The molecule has 0 amide bonds. The van der Waals surface area contributed by atoms with Crippen LogP contribution < -0.4 is 5.73 Å². The molecule has 0 saturated heterocycles. The standard InChI is InChI=1S/C15H13N5/c16-15-18-8-12-11(2-1-3-13(12)19-15)10-4-5-14-17-6-7-20(14)9-10/h2,4-9H,1,3H2,(H2,16,18,19). The van der Waals surface area contributed by atoms with Gasteiger partial charge in [0.05, 0.1) is 5.69 Å². The van der Waals surface area contributed by atoms with Gasteiger partial charge in [0.15, 0.2) is 0 Å². The van der Waals surface area contributed by atoms with Crippen molar-refractivity contribution in [2.45, 2.75) is 12.8 Å². The number of anilines is 1. The maximum Gasteiger partial charge on any atom is 0.220 e. The summed E-state index contributed by atoms with van der Waals surface area (Å²) in [4.78, 5) is 12.7. The van der Waals surface area contributed by atoms with Crippen LogP contribution in [0.5, 0.6) is 0 Å². The van der Waals surface area contributed by atoms with Gasteiger partial charge in [-0.3, -0.25) is 0 Å². The number of imidazole rings is 1. The lowest BCUT2D eigenvalue weighted by molar-refractivity contribution is 0.907. The molecule has 0 radical (unpaired) electrons. The molecule has 3 heterocycles. The Labute approximate surface area is 115 Å². The third-order valence-corrected chi connectivity index (χ3v) is 3.61. The summed E-state index contributed by atoms with van der Waals surface area (Å²) < 4.78 is 2.02. The number of pyridine rings is 1. The first-order chi connectivity index (χ1) is 9.81. The SMILES string of the molecule is Nc1ncc2c(n1)CCC=C2c1ccc2nccn2c1. The van der Waals surface area contributed by atoms with Gasteiger partial charge in [-0.15, -0.1) is 0 Å². The number of nitrogens with zero attached hydrogens (tertiary/aromatic N) is 4. The minimum Gasteiger partial charge on any atom is -0.368 e. The van der Waals surface area contributed by atoms with E-state index >= 15 is 0 Å². The second-order valence-electron chi connectivity index (χ2n) is 4.86. The summed E-state index contributed by atoms with van der Waals surface area (Å²) >= 11 is 0. The van der Waals surface area contributed by atoms with Crippen LogP contribution >= 0.6 is 0 Å². The van der Waals surface area contributed by atoms with E-state index in [-0.39, 0.29) is 0 Å². The Morgan fingerprint density at radius 2 is 2.15 bits per heavy atom. The predicted octanol–water partition coefficient (Wildman–Crippen LogP) is 2.08. The summed E-state index contributed by atoms with van der Waals surface area (Å²) in [6.45, 7) is 0. The van der Waals surface area contributed by atoms with Crippen molar-refractivity contribution < 1.29 is 0 Å². The summed E-state index contributed by atoms with van der Waals surface area (Å²) in [6.07, 6.45) is 11.8. The molecule has 0 saturated carbocycles. The molecule has 98 valence electrons. The van der Waals surface area contributed by atoms with Crippen LogP contribution in [0.15, 0.2) is 43.0 Å². The van der Waals surface area contributed by atoms with Gasteiger partial charge in [0.1, 0.15) is 5.65 Å². The number of fused-ring (bicyclic) bond motifs is 2. The zero-order valence-electron chi connectivity index (χ0n) is 10.8. The highest BCUT2D eigenvalue weighted by molar-refractivity contribution is 5.81. The molecule has 0 unspecified atom stereocenters. The quantitative estimate of drug-likeness (QED) is 0.729. The minimum absolute atomic E-state index is 0.343. The average molecular weight is 263 g/mol. The Bertz CT molecular complexity index is 831. The fourth-order valence-corrected chi connectivity index (χ4v) is 2.66. The summed E-state index contributed by atoms with van der Waals surface area (Å²) in [5.41, 5.74) is 11.0. The molecule has 5 nitrogen and oxygen atoms in total. The van der Waals surface area contributed by atoms with E-state index in [1.54, 1.807) is 6.20 Å². The lowest BCUT2D eigenvalue weighted by Crippen LogP contribution is -2.07.